The van der Waals surface area contributed by atoms with Gasteiger partial charge in [0.15, 0.2) is 0 Å². The van der Waals surface area contributed by atoms with Crippen LogP contribution in [0.5, 0.6) is 0 Å². The smallest absolute Gasteiger partial charge is 0.138 e. The van der Waals surface area contributed by atoms with Gasteiger partial charge in [0, 0.05) is 38.6 Å². The molecular formula is C15H27N5O2. The van der Waals surface area contributed by atoms with Crippen LogP contribution in [0.25, 0.3) is 0 Å². The molecule has 0 aromatic carbocycles. The van der Waals surface area contributed by atoms with E-state index in [1.165, 1.54) is 0 Å². The molecular weight excluding hydrogens is 282 g/mol. The summed E-state index contributed by atoms with van der Waals surface area (Å²) in [5.41, 5.74) is 0. The summed E-state index contributed by atoms with van der Waals surface area (Å²) in [5, 5.41) is 18.0. The van der Waals surface area contributed by atoms with Crippen molar-refractivity contribution in [3.63, 3.8) is 0 Å². The number of rotatable bonds is 5. The van der Waals surface area contributed by atoms with E-state index in [2.05, 4.69) is 34.1 Å². The number of ether oxygens (including phenoxy) is 1. The van der Waals surface area contributed by atoms with E-state index in [-0.39, 0.29) is 18.3 Å². The maximum atomic E-state index is 10.3. The van der Waals surface area contributed by atoms with Crippen molar-refractivity contribution >= 4 is 0 Å². The Morgan fingerprint density at radius 2 is 2.14 bits per heavy atom. The van der Waals surface area contributed by atoms with Gasteiger partial charge in [0.05, 0.1) is 24.9 Å². The summed E-state index contributed by atoms with van der Waals surface area (Å²) in [7, 11) is 0. The molecule has 1 aromatic heterocycles. The second-order valence-electron chi connectivity index (χ2n) is 6.63. The Bertz CT molecular complexity index is 470. The van der Waals surface area contributed by atoms with E-state index < -0.39 is 0 Å². The number of fused-ring (bicyclic) bond motifs is 1. The number of aromatic nitrogens is 3. The predicted octanol–water partition coefficient (Wildman–Crippen LogP) is -0.347. The van der Waals surface area contributed by atoms with Crippen molar-refractivity contribution in [2.45, 2.75) is 57.6 Å². The molecule has 2 aliphatic rings. The number of hydrogen-bond donors (Lipinski definition) is 2. The maximum Gasteiger partial charge on any atom is 0.138 e. The molecule has 22 heavy (non-hydrogen) atoms. The van der Waals surface area contributed by atoms with Gasteiger partial charge in [-0.25, -0.2) is 9.67 Å². The minimum absolute atomic E-state index is 0.244. The fourth-order valence-electron chi connectivity index (χ4n) is 3.50. The highest BCUT2D eigenvalue weighted by Gasteiger charge is 2.25. The molecule has 7 heteroatoms. The van der Waals surface area contributed by atoms with Crippen molar-refractivity contribution in [1.29, 1.82) is 0 Å². The topological polar surface area (TPSA) is 75.4 Å². The van der Waals surface area contributed by atoms with Gasteiger partial charge in [-0.2, -0.15) is 5.10 Å². The van der Waals surface area contributed by atoms with Gasteiger partial charge in [0.25, 0.3) is 0 Å². The number of aliphatic hydroxyl groups is 1. The van der Waals surface area contributed by atoms with Crippen LogP contribution in [-0.4, -0.2) is 75.3 Å². The molecule has 4 unspecified atom stereocenters. The number of aryl methyl sites for hydroxylation is 1. The Morgan fingerprint density at radius 3 is 2.91 bits per heavy atom. The first-order valence-corrected chi connectivity index (χ1v) is 8.26. The normalized spacial score (nSPS) is 31.0. The second kappa shape index (κ2) is 7.04. The Morgan fingerprint density at radius 1 is 1.36 bits per heavy atom. The lowest BCUT2D eigenvalue weighted by molar-refractivity contribution is -0.0763. The van der Waals surface area contributed by atoms with Gasteiger partial charge in [-0.3, -0.25) is 4.90 Å². The van der Waals surface area contributed by atoms with Crippen molar-refractivity contribution in [3.05, 3.63) is 12.2 Å². The van der Waals surface area contributed by atoms with Crippen LogP contribution in [0.4, 0.5) is 0 Å². The van der Waals surface area contributed by atoms with Gasteiger partial charge in [-0.15, -0.1) is 0 Å². The van der Waals surface area contributed by atoms with Crippen LogP contribution in [0, 0.1) is 0 Å². The molecule has 1 saturated heterocycles. The number of β-amino-alcohol motifs (C(OH)–C–C–N with tert-alkyl or cyclic N) is 1. The molecule has 1 fully saturated rings. The van der Waals surface area contributed by atoms with E-state index in [0.29, 0.717) is 19.1 Å². The first kappa shape index (κ1) is 15.9. The zero-order chi connectivity index (χ0) is 15.5. The molecule has 0 amide bonds. The van der Waals surface area contributed by atoms with Crippen LogP contribution in [0.2, 0.25) is 0 Å². The standard InChI is InChI=1S/C15H27N5O2/c1-11-6-19(7-12(2)22-11)9-14(21)5-16-13-3-4-15-17-10-18-20(15)8-13/h10-14,16,21H,3-9H2,1-2H3. The zero-order valence-electron chi connectivity index (χ0n) is 13.5. The first-order valence-electron chi connectivity index (χ1n) is 8.26. The van der Waals surface area contributed by atoms with Crippen LogP contribution in [0.1, 0.15) is 26.1 Å². The molecule has 0 radical (unpaired) electrons. The van der Waals surface area contributed by atoms with E-state index >= 15 is 0 Å². The van der Waals surface area contributed by atoms with Gasteiger partial charge in [-0.1, -0.05) is 0 Å². The van der Waals surface area contributed by atoms with E-state index in [4.69, 9.17) is 4.74 Å². The SMILES string of the molecule is CC1CN(CC(O)CNC2CCc3ncnn3C2)CC(C)O1. The predicted molar refractivity (Wildman–Crippen MR) is 82.6 cm³/mol. The van der Waals surface area contributed by atoms with Gasteiger partial charge >= 0.3 is 0 Å². The third-order valence-corrected chi connectivity index (χ3v) is 4.41. The summed E-state index contributed by atoms with van der Waals surface area (Å²) >= 11 is 0. The van der Waals surface area contributed by atoms with Crippen LogP contribution >= 0.6 is 0 Å². The summed E-state index contributed by atoms with van der Waals surface area (Å²) in [6.45, 7) is 8.13. The van der Waals surface area contributed by atoms with Crippen LogP contribution in [0.3, 0.4) is 0 Å². The molecule has 3 rings (SSSR count). The summed E-state index contributed by atoms with van der Waals surface area (Å²) in [6, 6.07) is 0.367. The maximum absolute atomic E-state index is 10.3. The molecule has 124 valence electrons. The average Bonchev–Trinajstić information content (AvgIpc) is 2.91. The van der Waals surface area contributed by atoms with E-state index in [9.17, 15) is 5.11 Å². The average molecular weight is 309 g/mol. The Hall–Kier alpha value is -1.02. The number of hydrogen-bond acceptors (Lipinski definition) is 6. The lowest BCUT2D eigenvalue weighted by Crippen LogP contribution is -2.50. The van der Waals surface area contributed by atoms with Crippen LogP contribution in [-0.2, 0) is 17.7 Å². The van der Waals surface area contributed by atoms with Crippen molar-refractivity contribution < 1.29 is 9.84 Å². The Labute approximate surface area is 131 Å². The van der Waals surface area contributed by atoms with Gasteiger partial charge in [-0.05, 0) is 20.3 Å². The number of morpholine rings is 1. The lowest BCUT2D eigenvalue weighted by atomic mass is 10.1. The van der Waals surface area contributed by atoms with E-state index in [0.717, 1.165) is 38.3 Å². The fraction of sp³-hybridized carbons (Fsp3) is 0.867. The van der Waals surface area contributed by atoms with Gasteiger partial charge < -0.3 is 15.2 Å². The number of aliphatic hydroxyl groups excluding tert-OH is 1. The molecule has 2 aliphatic heterocycles. The fourth-order valence-corrected chi connectivity index (χ4v) is 3.50. The molecule has 0 bridgehead atoms. The largest absolute Gasteiger partial charge is 0.390 e. The molecule has 0 saturated carbocycles. The molecule has 3 heterocycles. The Kier molecular flexibility index (Phi) is 5.07. The number of nitrogens with one attached hydrogen (secondary N) is 1. The second-order valence-corrected chi connectivity index (χ2v) is 6.63. The van der Waals surface area contributed by atoms with E-state index in [1.807, 2.05) is 4.68 Å². The van der Waals surface area contributed by atoms with Crippen LogP contribution in [0.15, 0.2) is 6.33 Å². The quantitative estimate of drug-likeness (QED) is 0.774. The minimum atomic E-state index is -0.352. The summed E-state index contributed by atoms with van der Waals surface area (Å²) in [6.07, 6.45) is 3.76. The highest BCUT2D eigenvalue weighted by Crippen LogP contribution is 2.12. The third-order valence-electron chi connectivity index (χ3n) is 4.41. The highest BCUT2D eigenvalue weighted by atomic mass is 16.5. The minimum Gasteiger partial charge on any atom is -0.390 e. The number of nitrogens with zero attached hydrogens (tertiary/aromatic N) is 4. The van der Waals surface area contributed by atoms with Gasteiger partial charge in [0.1, 0.15) is 12.2 Å². The third kappa shape index (κ3) is 4.04. The lowest BCUT2D eigenvalue weighted by Gasteiger charge is -2.36. The summed E-state index contributed by atoms with van der Waals surface area (Å²) in [4.78, 5) is 6.53. The van der Waals surface area contributed by atoms with Crippen molar-refractivity contribution in [1.82, 2.24) is 25.0 Å². The molecule has 7 nitrogen and oxygen atoms in total. The monoisotopic (exact) mass is 309 g/mol. The molecule has 0 spiro atoms. The summed E-state index contributed by atoms with van der Waals surface area (Å²) in [5.74, 6) is 1.06. The molecule has 4 atom stereocenters. The van der Waals surface area contributed by atoms with Crippen molar-refractivity contribution in [2.24, 2.45) is 0 Å². The molecule has 0 aliphatic carbocycles. The Balaban J connectivity index is 1.40. The highest BCUT2D eigenvalue weighted by molar-refractivity contribution is 4.92. The van der Waals surface area contributed by atoms with Crippen molar-refractivity contribution in [2.75, 3.05) is 26.2 Å². The van der Waals surface area contributed by atoms with E-state index in [1.54, 1.807) is 6.33 Å². The van der Waals surface area contributed by atoms with Gasteiger partial charge in [0.2, 0.25) is 0 Å². The zero-order valence-corrected chi connectivity index (χ0v) is 13.5. The molecule has 1 aromatic rings. The summed E-state index contributed by atoms with van der Waals surface area (Å²) < 4.78 is 7.68. The van der Waals surface area contributed by atoms with Crippen molar-refractivity contribution in [3.8, 4) is 0 Å². The first-order chi connectivity index (χ1) is 10.6. The molecule has 2 N–H and O–H groups in total. The van der Waals surface area contributed by atoms with Crippen LogP contribution < -0.4 is 5.32 Å².